The molecule has 2 rings (SSSR count). The highest BCUT2D eigenvalue weighted by Crippen LogP contribution is 2.33. The third-order valence-corrected chi connectivity index (χ3v) is 5.05. The minimum Gasteiger partial charge on any atom is -0.329 e. The van der Waals surface area contributed by atoms with Crippen molar-refractivity contribution >= 4 is 38.4 Å². The first kappa shape index (κ1) is 16.8. The van der Waals surface area contributed by atoms with E-state index in [9.17, 15) is 12.8 Å². The Morgan fingerprint density at radius 2 is 2.11 bits per heavy atom. The number of hydrogen-bond acceptors (Lipinski definition) is 3. The highest BCUT2D eigenvalue weighted by atomic mass is 79.9. The summed E-state index contributed by atoms with van der Waals surface area (Å²) in [6, 6.07) is 3.37. The molecular weight excluding hydrogens is 359 g/mol. The third kappa shape index (κ3) is 4.13. The van der Waals surface area contributed by atoms with Crippen LogP contribution in [0.25, 0.3) is 0 Å². The highest BCUT2D eigenvalue weighted by molar-refractivity contribution is 9.10. The van der Waals surface area contributed by atoms with E-state index in [2.05, 4.69) is 20.7 Å². The molecule has 1 atom stereocenters. The van der Waals surface area contributed by atoms with Crippen molar-refractivity contribution in [2.75, 3.05) is 6.54 Å². The van der Waals surface area contributed by atoms with Gasteiger partial charge in [-0.2, -0.15) is 0 Å². The van der Waals surface area contributed by atoms with E-state index in [1.165, 1.54) is 12.1 Å². The number of halogens is 3. The Balaban J connectivity index is 0.00000180. The number of hydrogen-bond donors (Lipinski definition) is 2. The second kappa shape index (κ2) is 6.49. The van der Waals surface area contributed by atoms with Crippen molar-refractivity contribution in [2.45, 2.75) is 23.8 Å². The molecule has 108 valence electrons. The molecule has 1 aromatic carbocycles. The zero-order valence-corrected chi connectivity index (χ0v) is 13.2. The molecule has 8 heteroatoms. The quantitative estimate of drug-likeness (QED) is 0.829. The Morgan fingerprint density at radius 1 is 1.47 bits per heavy atom. The summed E-state index contributed by atoms with van der Waals surface area (Å²) < 4.78 is 39.9. The van der Waals surface area contributed by atoms with Crippen molar-refractivity contribution in [3.05, 3.63) is 28.5 Å². The van der Waals surface area contributed by atoms with Crippen LogP contribution in [0.4, 0.5) is 4.39 Å². The van der Waals surface area contributed by atoms with Gasteiger partial charge in [0.1, 0.15) is 5.82 Å². The minimum absolute atomic E-state index is 0. The maximum atomic E-state index is 13.1. The number of rotatable bonds is 5. The Morgan fingerprint density at radius 3 is 2.58 bits per heavy atom. The van der Waals surface area contributed by atoms with Gasteiger partial charge in [-0.05, 0) is 52.9 Å². The molecule has 0 spiro atoms. The van der Waals surface area contributed by atoms with E-state index in [1.54, 1.807) is 0 Å². The fourth-order valence-electron chi connectivity index (χ4n) is 1.75. The lowest BCUT2D eigenvalue weighted by Crippen LogP contribution is -2.41. The summed E-state index contributed by atoms with van der Waals surface area (Å²) in [5.41, 5.74) is 5.56. The van der Waals surface area contributed by atoms with Crippen LogP contribution in [0.1, 0.15) is 12.8 Å². The van der Waals surface area contributed by atoms with E-state index in [-0.39, 0.29) is 34.4 Å². The number of benzene rings is 1. The van der Waals surface area contributed by atoms with Crippen LogP contribution in [0.2, 0.25) is 0 Å². The molecule has 1 saturated carbocycles. The summed E-state index contributed by atoms with van der Waals surface area (Å²) >= 11 is 2.97. The molecule has 19 heavy (non-hydrogen) atoms. The van der Waals surface area contributed by atoms with Crippen LogP contribution < -0.4 is 10.5 Å². The first-order valence-corrected chi connectivity index (χ1v) is 7.89. The molecule has 0 aliphatic heterocycles. The molecule has 0 aromatic heterocycles. The topological polar surface area (TPSA) is 72.2 Å². The van der Waals surface area contributed by atoms with E-state index in [4.69, 9.17) is 5.73 Å². The summed E-state index contributed by atoms with van der Waals surface area (Å²) in [6.07, 6.45) is 2.00. The second-order valence-corrected chi connectivity index (χ2v) is 6.95. The SMILES string of the molecule is Cl.NCC(NS(=O)(=O)c1ccc(F)c(Br)c1)C1CC1. The lowest BCUT2D eigenvalue weighted by molar-refractivity contribution is 0.519. The van der Waals surface area contributed by atoms with Crippen LogP contribution in [-0.4, -0.2) is 21.0 Å². The molecule has 1 fully saturated rings. The van der Waals surface area contributed by atoms with E-state index in [0.717, 1.165) is 18.9 Å². The number of sulfonamides is 1. The van der Waals surface area contributed by atoms with Crippen molar-refractivity contribution in [3.8, 4) is 0 Å². The van der Waals surface area contributed by atoms with Crippen molar-refractivity contribution in [2.24, 2.45) is 11.7 Å². The molecular formula is C11H15BrClFN2O2S. The highest BCUT2D eigenvalue weighted by Gasteiger charge is 2.33. The predicted octanol–water partition coefficient (Wildman–Crippen LogP) is 2.03. The van der Waals surface area contributed by atoms with Crippen LogP contribution in [0.3, 0.4) is 0 Å². The molecule has 0 saturated heterocycles. The van der Waals surface area contributed by atoms with Gasteiger partial charge in [-0.25, -0.2) is 17.5 Å². The van der Waals surface area contributed by atoms with Crippen molar-refractivity contribution in [1.29, 1.82) is 0 Å². The van der Waals surface area contributed by atoms with Gasteiger partial charge in [0.15, 0.2) is 0 Å². The Kier molecular flexibility index (Phi) is 5.76. The molecule has 3 N–H and O–H groups in total. The van der Waals surface area contributed by atoms with Crippen LogP contribution in [-0.2, 0) is 10.0 Å². The molecule has 0 radical (unpaired) electrons. The number of nitrogens with two attached hydrogens (primary N) is 1. The van der Waals surface area contributed by atoms with Crippen molar-refractivity contribution in [1.82, 2.24) is 4.72 Å². The van der Waals surface area contributed by atoms with Gasteiger partial charge >= 0.3 is 0 Å². The maximum Gasteiger partial charge on any atom is 0.240 e. The van der Waals surface area contributed by atoms with Crippen LogP contribution in [0.15, 0.2) is 27.6 Å². The summed E-state index contributed by atoms with van der Waals surface area (Å²) in [4.78, 5) is 0.0369. The molecule has 0 amide bonds. The fourth-order valence-corrected chi connectivity index (χ4v) is 3.62. The number of nitrogens with one attached hydrogen (secondary N) is 1. The molecule has 1 aliphatic rings. The van der Waals surface area contributed by atoms with E-state index in [0.29, 0.717) is 5.92 Å². The van der Waals surface area contributed by atoms with Gasteiger partial charge in [0, 0.05) is 12.6 Å². The first-order valence-electron chi connectivity index (χ1n) is 5.61. The van der Waals surface area contributed by atoms with Crippen LogP contribution in [0.5, 0.6) is 0 Å². The normalized spacial score (nSPS) is 16.8. The maximum absolute atomic E-state index is 13.1. The Bertz CT molecular complexity index is 552. The Hall–Kier alpha value is -0.210. The van der Waals surface area contributed by atoms with Crippen molar-refractivity contribution < 1.29 is 12.8 Å². The molecule has 4 nitrogen and oxygen atoms in total. The lowest BCUT2D eigenvalue weighted by Gasteiger charge is -2.16. The predicted molar refractivity (Wildman–Crippen MR) is 77.2 cm³/mol. The summed E-state index contributed by atoms with van der Waals surface area (Å²) in [6.45, 7) is 0.270. The monoisotopic (exact) mass is 372 g/mol. The minimum atomic E-state index is -3.64. The zero-order chi connectivity index (χ0) is 13.3. The first-order chi connectivity index (χ1) is 8.44. The lowest BCUT2D eigenvalue weighted by atomic mass is 10.2. The van der Waals surface area contributed by atoms with Crippen LogP contribution >= 0.6 is 28.3 Å². The third-order valence-electron chi connectivity index (χ3n) is 2.95. The van der Waals surface area contributed by atoms with Crippen molar-refractivity contribution in [3.63, 3.8) is 0 Å². The van der Waals surface area contributed by atoms with Gasteiger partial charge in [-0.3, -0.25) is 0 Å². The van der Waals surface area contributed by atoms with Gasteiger partial charge in [-0.15, -0.1) is 12.4 Å². The largest absolute Gasteiger partial charge is 0.329 e. The zero-order valence-electron chi connectivity index (χ0n) is 9.97. The van der Waals surface area contributed by atoms with E-state index >= 15 is 0 Å². The molecule has 1 aromatic rings. The van der Waals surface area contributed by atoms with Gasteiger partial charge in [0.2, 0.25) is 10.0 Å². The van der Waals surface area contributed by atoms with Crippen LogP contribution in [0, 0.1) is 11.7 Å². The second-order valence-electron chi connectivity index (χ2n) is 4.38. The Labute approximate surface area is 126 Å². The molecule has 1 unspecified atom stereocenters. The van der Waals surface area contributed by atoms with Gasteiger partial charge in [0.25, 0.3) is 0 Å². The van der Waals surface area contributed by atoms with E-state index < -0.39 is 15.8 Å². The van der Waals surface area contributed by atoms with Gasteiger partial charge in [0.05, 0.1) is 9.37 Å². The summed E-state index contributed by atoms with van der Waals surface area (Å²) in [5.74, 6) is -0.166. The fraction of sp³-hybridized carbons (Fsp3) is 0.455. The molecule has 0 heterocycles. The molecule has 0 bridgehead atoms. The summed E-state index contributed by atoms with van der Waals surface area (Å²) in [5, 5.41) is 0. The average Bonchev–Trinajstić information content (AvgIpc) is 3.13. The standard InChI is InChI=1S/C11H14BrFN2O2S.ClH/c12-9-5-8(3-4-10(9)13)18(16,17)15-11(6-14)7-1-2-7;/h3-5,7,11,15H,1-2,6,14H2;1H. The van der Waals surface area contributed by atoms with Gasteiger partial charge in [-0.1, -0.05) is 0 Å². The average molecular weight is 374 g/mol. The molecule has 1 aliphatic carbocycles. The smallest absolute Gasteiger partial charge is 0.240 e. The van der Waals surface area contributed by atoms with Gasteiger partial charge < -0.3 is 5.73 Å². The van der Waals surface area contributed by atoms with E-state index in [1.807, 2.05) is 0 Å². The summed E-state index contributed by atoms with van der Waals surface area (Å²) in [7, 11) is -3.64.